The molecule has 1 saturated carbocycles. The number of cyclic esters (lactones) is 1. The molecule has 2 fully saturated rings. The zero-order valence-corrected chi connectivity index (χ0v) is 20.6. The van der Waals surface area contributed by atoms with E-state index >= 15 is 0 Å². The fourth-order valence-electron chi connectivity index (χ4n) is 5.31. The maximum absolute atomic E-state index is 13.5. The molecule has 1 aliphatic heterocycles. The van der Waals surface area contributed by atoms with Gasteiger partial charge in [0.05, 0.1) is 23.0 Å². The average Bonchev–Trinajstić information content (AvgIpc) is 3.67. The van der Waals surface area contributed by atoms with Gasteiger partial charge in [-0.05, 0) is 62.8 Å². The van der Waals surface area contributed by atoms with E-state index in [1.165, 1.54) is 0 Å². The van der Waals surface area contributed by atoms with Crippen molar-refractivity contribution in [1.29, 1.82) is 0 Å². The summed E-state index contributed by atoms with van der Waals surface area (Å²) in [6.45, 7) is 6.04. The molecule has 2 heterocycles. The van der Waals surface area contributed by atoms with Gasteiger partial charge in [-0.15, -0.1) is 0 Å². The number of benzene rings is 2. The SMILES string of the molecule is Cc1ccc(-c2ccc([C@H](C3CC3)N3CC[C@](CC(C)(C)O)(c4ccccc4)OC3=O)cc2)nn1. The van der Waals surface area contributed by atoms with Gasteiger partial charge in [0, 0.05) is 24.9 Å². The molecule has 0 spiro atoms. The van der Waals surface area contributed by atoms with E-state index in [0.717, 1.165) is 40.9 Å². The standard InChI is InChI=1S/C29H33N3O3/c1-20-9-16-25(31-30-20)21-10-12-22(13-11-21)26(23-14-15-23)32-18-17-29(35-27(32)33,19-28(2,3)34)24-7-5-4-6-8-24/h4-13,16,23,26,34H,14-15,17-19H2,1-3H3/t26-,29+/m1/s1. The van der Waals surface area contributed by atoms with E-state index in [-0.39, 0.29) is 12.1 Å². The normalized spacial score (nSPS) is 21.5. The van der Waals surface area contributed by atoms with Gasteiger partial charge in [0.2, 0.25) is 0 Å². The summed E-state index contributed by atoms with van der Waals surface area (Å²) >= 11 is 0. The molecule has 1 aromatic heterocycles. The van der Waals surface area contributed by atoms with E-state index in [1.807, 2.05) is 54.3 Å². The summed E-state index contributed by atoms with van der Waals surface area (Å²) in [4.78, 5) is 15.4. The predicted molar refractivity (Wildman–Crippen MR) is 135 cm³/mol. The molecular formula is C29H33N3O3. The lowest BCUT2D eigenvalue weighted by atomic mass is 9.80. The fourth-order valence-corrected chi connectivity index (χ4v) is 5.31. The molecule has 0 radical (unpaired) electrons. The summed E-state index contributed by atoms with van der Waals surface area (Å²) in [7, 11) is 0. The third-order valence-corrected chi connectivity index (χ3v) is 7.04. The Hall–Kier alpha value is -3.25. The minimum Gasteiger partial charge on any atom is -0.438 e. The number of nitrogens with zero attached hydrogens (tertiary/aromatic N) is 3. The maximum Gasteiger partial charge on any atom is 0.411 e. The predicted octanol–water partition coefficient (Wildman–Crippen LogP) is 5.80. The first-order chi connectivity index (χ1) is 16.7. The van der Waals surface area contributed by atoms with Gasteiger partial charge in [-0.1, -0.05) is 54.6 Å². The highest BCUT2D eigenvalue weighted by Gasteiger charge is 2.49. The van der Waals surface area contributed by atoms with Crippen LogP contribution in [-0.4, -0.2) is 38.4 Å². The van der Waals surface area contributed by atoms with Gasteiger partial charge >= 0.3 is 6.09 Å². The minimum atomic E-state index is -0.969. The number of aryl methyl sites for hydroxylation is 1. The van der Waals surface area contributed by atoms with Gasteiger partial charge in [-0.2, -0.15) is 10.2 Å². The number of amides is 1. The van der Waals surface area contributed by atoms with Crippen molar-refractivity contribution < 1.29 is 14.6 Å². The number of carbonyl (C=O) groups excluding carboxylic acids is 1. The summed E-state index contributed by atoms with van der Waals surface area (Å²) in [5.74, 6) is 0.436. The average molecular weight is 472 g/mol. The second kappa shape index (κ2) is 9.08. The summed E-state index contributed by atoms with van der Waals surface area (Å²) < 4.78 is 6.24. The Morgan fingerprint density at radius 3 is 2.34 bits per heavy atom. The van der Waals surface area contributed by atoms with Gasteiger partial charge in [0.1, 0.15) is 5.60 Å². The van der Waals surface area contributed by atoms with E-state index in [2.05, 4.69) is 34.5 Å². The summed E-state index contributed by atoms with van der Waals surface area (Å²) in [5, 5.41) is 19.1. The van der Waals surface area contributed by atoms with Crippen molar-refractivity contribution in [2.45, 2.75) is 63.7 Å². The second-order valence-corrected chi connectivity index (χ2v) is 10.6. The van der Waals surface area contributed by atoms with Crippen LogP contribution in [0.3, 0.4) is 0 Å². The lowest BCUT2D eigenvalue weighted by molar-refractivity contribution is -0.103. The first-order valence-corrected chi connectivity index (χ1v) is 12.4. The number of ether oxygens (including phenoxy) is 1. The molecule has 1 amide bonds. The Labute approximate surface area is 207 Å². The highest BCUT2D eigenvalue weighted by Crippen LogP contribution is 2.48. The van der Waals surface area contributed by atoms with Gasteiger partial charge in [-0.25, -0.2) is 4.79 Å². The van der Waals surface area contributed by atoms with Crippen LogP contribution < -0.4 is 0 Å². The number of aliphatic hydroxyl groups is 1. The van der Waals surface area contributed by atoms with Gasteiger partial charge in [0.15, 0.2) is 0 Å². The number of carbonyl (C=O) groups is 1. The largest absolute Gasteiger partial charge is 0.438 e. The van der Waals surface area contributed by atoms with Crippen LogP contribution in [0.2, 0.25) is 0 Å². The van der Waals surface area contributed by atoms with Gasteiger partial charge in [-0.3, -0.25) is 0 Å². The van der Waals surface area contributed by atoms with Crippen LogP contribution in [0.5, 0.6) is 0 Å². The van der Waals surface area contributed by atoms with E-state index < -0.39 is 11.2 Å². The Balaban J connectivity index is 1.40. The molecule has 2 atom stereocenters. The maximum atomic E-state index is 13.5. The van der Waals surface area contributed by atoms with Crippen molar-refractivity contribution in [3.05, 3.63) is 83.6 Å². The quantitative estimate of drug-likeness (QED) is 0.471. The molecule has 1 aliphatic carbocycles. The summed E-state index contributed by atoms with van der Waals surface area (Å²) in [6, 6.07) is 22.1. The lowest BCUT2D eigenvalue weighted by Gasteiger charge is -2.46. The van der Waals surface area contributed by atoms with Gasteiger partial charge < -0.3 is 14.7 Å². The molecule has 0 unspecified atom stereocenters. The third kappa shape index (κ3) is 5.08. The molecule has 35 heavy (non-hydrogen) atoms. The molecule has 6 nitrogen and oxygen atoms in total. The minimum absolute atomic E-state index is 0.0171. The smallest absolute Gasteiger partial charge is 0.411 e. The Morgan fingerprint density at radius 2 is 1.77 bits per heavy atom. The van der Waals surface area contributed by atoms with Crippen molar-refractivity contribution >= 4 is 6.09 Å². The summed E-state index contributed by atoms with van der Waals surface area (Å²) in [5.41, 5.74) is 2.97. The number of hydrogen-bond donors (Lipinski definition) is 1. The molecule has 2 aliphatic rings. The van der Waals surface area contributed by atoms with Crippen LogP contribution in [0.4, 0.5) is 4.79 Å². The molecule has 1 saturated heterocycles. The molecule has 182 valence electrons. The van der Waals surface area contributed by atoms with E-state index in [4.69, 9.17) is 4.74 Å². The van der Waals surface area contributed by atoms with Crippen molar-refractivity contribution in [2.75, 3.05) is 6.54 Å². The topological polar surface area (TPSA) is 75.6 Å². The monoisotopic (exact) mass is 471 g/mol. The van der Waals surface area contributed by atoms with Gasteiger partial charge in [0.25, 0.3) is 0 Å². The first kappa shape index (κ1) is 23.5. The molecule has 3 aromatic rings. The Morgan fingerprint density at radius 1 is 1.06 bits per heavy atom. The number of rotatable bonds is 7. The van der Waals surface area contributed by atoms with Crippen LogP contribution >= 0.6 is 0 Å². The molecule has 5 rings (SSSR count). The Bertz CT molecular complexity index is 1170. The first-order valence-electron chi connectivity index (χ1n) is 12.4. The molecule has 1 N–H and O–H groups in total. The zero-order valence-electron chi connectivity index (χ0n) is 20.6. The molecule has 6 heteroatoms. The zero-order chi connectivity index (χ0) is 24.6. The second-order valence-electron chi connectivity index (χ2n) is 10.6. The van der Waals surface area contributed by atoms with Crippen LogP contribution in [0, 0.1) is 12.8 Å². The van der Waals surface area contributed by atoms with Crippen molar-refractivity contribution in [1.82, 2.24) is 15.1 Å². The molecule has 2 aromatic carbocycles. The lowest BCUT2D eigenvalue weighted by Crippen LogP contribution is -2.51. The fraction of sp³-hybridized carbons (Fsp3) is 0.414. The van der Waals surface area contributed by atoms with Crippen LogP contribution in [0.25, 0.3) is 11.3 Å². The number of aromatic nitrogens is 2. The number of hydrogen-bond acceptors (Lipinski definition) is 5. The molecule has 0 bridgehead atoms. The van der Waals surface area contributed by atoms with E-state index in [9.17, 15) is 9.90 Å². The summed E-state index contributed by atoms with van der Waals surface area (Å²) in [6.07, 6.45) is 2.88. The van der Waals surface area contributed by atoms with Crippen LogP contribution in [-0.2, 0) is 10.3 Å². The Kier molecular flexibility index (Phi) is 6.09. The third-order valence-electron chi connectivity index (χ3n) is 7.04. The highest BCUT2D eigenvalue weighted by molar-refractivity contribution is 5.70. The van der Waals surface area contributed by atoms with E-state index in [0.29, 0.717) is 25.3 Å². The van der Waals surface area contributed by atoms with Crippen molar-refractivity contribution in [2.24, 2.45) is 5.92 Å². The molecular weight excluding hydrogens is 438 g/mol. The van der Waals surface area contributed by atoms with Crippen molar-refractivity contribution in [3.63, 3.8) is 0 Å². The van der Waals surface area contributed by atoms with Crippen molar-refractivity contribution in [3.8, 4) is 11.3 Å². The van der Waals surface area contributed by atoms with Crippen LogP contribution in [0.1, 0.15) is 62.4 Å². The highest BCUT2D eigenvalue weighted by atomic mass is 16.6. The van der Waals surface area contributed by atoms with Crippen LogP contribution in [0.15, 0.2) is 66.7 Å². The van der Waals surface area contributed by atoms with E-state index in [1.54, 1.807) is 13.8 Å².